The lowest BCUT2D eigenvalue weighted by molar-refractivity contribution is 0.419. The van der Waals surface area contributed by atoms with Crippen LogP contribution >= 0.6 is 0 Å². The van der Waals surface area contributed by atoms with Gasteiger partial charge in [-0.15, -0.1) is 0 Å². The molecular formula is C16H17NO. The molecule has 0 aliphatic heterocycles. The number of benzene rings is 1. The summed E-state index contributed by atoms with van der Waals surface area (Å²) in [6, 6.07) is 6.16. The van der Waals surface area contributed by atoms with Crippen LogP contribution in [0.5, 0.6) is 5.75 Å². The van der Waals surface area contributed by atoms with Gasteiger partial charge in [-0.05, 0) is 49.0 Å². The highest BCUT2D eigenvalue weighted by atomic mass is 16.5. The third-order valence-electron chi connectivity index (χ3n) is 3.63. The van der Waals surface area contributed by atoms with Crippen LogP contribution in [0.1, 0.15) is 30.4 Å². The van der Waals surface area contributed by atoms with Crippen LogP contribution in [0, 0.1) is 6.92 Å². The molecule has 0 saturated heterocycles. The summed E-state index contributed by atoms with van der Waals surface area (Å²) in [7, 11) is 1.70. The molecule has 0 fully saturated rings. The molecule has 2 heteroatoms. The van der Waals surface area contributed by atoms with Crippen molar-refractivity contribution in [3.63, 3.8) is 0 Å². The van der Waals surface area contributed by atoms with Gasteiger partial charge in [0.2, 0.25) is 0 Å². The molecule has 0 spiro atoms. The largest absolute Gasteiger partial charge is 0.494 e. The van der Waals surface area contributed by atoms with Crippen LogP contribution in [-0.2, 0) is 0 Å². The number of aromatic nitrogens is 1. The predicted octanol–water partition coefficient (Wildman–Crippen LogP) is 4.12. The van der Waals surface area contributed by atoms with E-state index in [-0.39, 0.29) is 0 Å². The van der Waals surface area contributed by atoms with Crippen LogP contribution < -0.4 is 4.74 Å². The Bertz CT molecular complexity index is 628. The van der Waals surface area contributed by atoms with Gasteiger partial charge in [0.1, 0.15) is 11.3 Å². The number of methoxy groups -OCH3 is 1. The molecule has 1 aliphatic rings. The van der Waals surface area contributed by atoms with Gasteiger partial charge in [-0.25, -0.2) is 0 Å². The Morgan fingerprint density at radius 1 is 1.28 bits per heavy atom. The second-order valence-electron chi connectivity index (χ2n) is 4.79. The monoisotopic (exact) mass is 239 g/mol. The highest BCUT2D eigenvalue weighted by molar-refractivity contribution is 5.96. The fourth-order valence-corrected chi connectivity index (χ4v) is 2.78. The molecule has 0 radical (unpaired) electrons. The van der Waals surface area contributed by atoms with Crippen molar-refractivity contribution in [3.05, 3.63) is 41.6 Å². The van der Waals surface area contributed by atoms with Gasteiger partial charge in [-0.1, -0.05) is 18.2 Å². The summed E-state index contributed by atoms with van der Waals surface area (Å²) in [4.78, 5) is 4.53. The minimum Gasteiger partial charge on any atom is -0.494 e. The SMILES string of the molecule is COc1cccc2c(C3=CCCC3)c(C)cnc12. The zero-order chi connectivity index (χ0) is 12.5. The Labute approximate surface area is 107 Å². The van der Waals surface area contributed by atoms with Crippen molar-refractivity contribution in [2.75, 3.05) is 7.11 Å². The Kier molecular flexibility index (Phi) is 2.78. The first-order valence-electron chi connectivity index (χ1n) is 6.43. The second-order valence-corrected chi connectivity index (χ2v) is 4.79. The van der Waals surface area contributed by atoms with Crippen molar-refractivity contribution < 1.29 is 4.74 Å². The van der Waals surface area contributed by atoms with E-state index in [0.29, 0.717) is 0 Å². The van der Waals surface area contributed by atoms with Crippen LogP contribution in [0.15, 0.2) is 30.5 Å². The molecule has 0 saturated carbocycles. The van der Waals surface area contributed by atoms with Crippen molar-refractivity contribution >= 4 is 16.5 Å². The van der Waals surface area contributed by atoms with Gasteiger partial charge in [0.25, 0.3) is 0 Å². The molecule has 1 heterocycles. The highest BCUT2D eigenvalue weighted by Crippen LogP contribution is 2.36. The van der Waals surface area contributed by atoms with Crippen LogP contribution in [0.2, 0.25) is 0 Å². The number of rotatable bonds is 2. The summed E-state index contributed by atoms with van der Waals surface area (Å²) in [5.74, 6) is 0.854. The Hall–Kier alpha value is -1.83. The molecule has 1 aromatic carbocycles. The fraction of sp³-hybridized carbons (Fsp3) is 0.312. The number of hydrogen-bond donors (Lipinski definition) is 0. The Morgan fingerprint density at radius 3 is 2.89 bits per heavy atom. The van der Waals surface area contributed by atoms with E-state index in [9.17, 15) is 0 Å². The van der Waals surface area contributed by atoms with Gasteiger partial charge in [-0.2, -0.15) is 0 Å². The van der Waals surface area contributed by atoms with Crippen molar-refractivity contribution in [2.24, 2.45) is 0 Å². The van der Waals surface area contributed by atoms with Crippen molar-refractivity contribution in [2.45, 2.75) is 26.2 Å². The summed E-state index contributed by atoms with van der Waals surface area (Å²) in [5, 5.41) is 1.21. The van der Waals surface area contributed by atoms with Crippen molar-refractivity contribution in [3.8, 4) is 5.75 Å². The minimum absolute atomic E-state index is 0.854. The summed E-state index contributed by atoms with van der Waals surface area (Å²) >= 11 is 0. The molecule has 0 unspecified atom stereocenters. The third-order valence-corrected chi connectivity index (χ3v) is 3.63. The minimum atomic E-state index is 0.854. The zero-order valence-electron chi connectivity index (χ0n) is 10.9. The van der Waals surface area contributed by atoms with Crippen LogP contribution in [-0.4, -0.2) is 12.1 Å². The van der Waals surface area contributed by atoms with Crippen LogP contribution in [0.3, 0.4) is 0 Å². The molecular weight excluding hydrogens is 222 g/mol. The zero-order valence-corrected chi connectivity index (χ0v) is 10.9. The second kappa shape index (κ2) is 4.45. The van der Waals surface area contributed by atoms with Gasteiger partial charge in [0.05, 0.1) is 7.11 Å². The van der Waals surface area contributed by atoms with E-state index in [4.69, 9.17) is 4.74 Å². The molecule has 3 rings (SSSR count). The van der Waals surface area contributed by atoms with Gasteiger partial charge < -0.3 is 4.74 Å². The van der Waals surface area contributed by atoms with Gasteiger partial charge in [-0.3, -0.25) is 4.98 Å². The fourth-order valence-electron chi connectivity index (χ4n) is 2.78. The summed E-state index contributed by atoms with van der Waals surface area (Å²) < 4.78 is 5.40. The molecule has 0 atom stereocenters. The van der Waals surface area contributed by atoms with Gasteiger partial charge in [0.15, 0.2) is 0 Å². The van der Waals surface area contributed by atoms with E-state index in [1.807, 2.05) is 18.3 Å². The number of pyridine rings is 1. The molecule has 2 nitrogen and oxygen atoms in total. The number of para-hydroxylation sites is 1. The maximum atomic E-state index is 5.40. The maximum Gasteiger partial charge on any atom is 0.145 e. The molecule has 0 N–H and O–H groups in total. The lowest BCUT2D eigenvalue weighted by atomic mass is 9.96. The molecule has 1 aromatic heterocycles. The number of aryl methyl sites for hydroxylation is 1. The lowest BCUT2D eigenvalue weighted by Crippen LogP contribution is -1.94. The van der Waals surface area contributed by atoms with Gasteiger partial charge in [0, 0.05) is 11.6 Å². The molecule has 1 aliphatic carbocycles. The van der Waals surface area contributed by atoms with E-state index >= 15 is 0 Å². The molecule has 2 aromatic rings. The van der Waals surface area contributed by atoms with E-state index < -0.39 is 0 Å². The average Bonchev–Trinajstić information content (AvgIpc) is 2.91. The number of fused-ring (bicyclic) bond motifs is 1. The lowest BCUT2D eigenvalue weighted by Gasteiger charge is -2.12. The van der Waals surface area contributed by atoms with E-state index in [1.165, 1.54) is 41.3 Å². The smallest absolute Gasteiger partial charge is 0.145 e. The molecule has 18 heavy (non-hydrogen) atoms. The quantitative estimate of drug-likeness (QED) is 0.786. The first-order valence-corrected chi connectivity index (χ1v) is 6.43. The van der Waals surface area contributed by atoms with Crippen LogP contribution in [0.25, 0.3) is 16.5 Å². The number of ether oxygens (including phenoxy) is 1. The average molecular weight is 239 g/mol. The van der Waals surface area contributed by atoms with E-state index in [2.05, 4.69) is 24.1 Å². The van der Waals surface area contributed by atoms with Crippen LogP contribution in [0.4, 0.5) is 0 Å². The predicted molar refractivity (Wildman–Crippen MR) is 74.9 cm³/mol. The maximum absolute atomic E-state index is 5.40. The third kappa shape index (κ3) is 1.69. The van der Waals surface area contributed by atoms with Crippen molar-refractivity contribution in [1.82, 2.24) is 4.98 Å². The highest BCUT2D eigenvalue weighted by Gasteiger charge is 2.15. The standard InChI is InChI=1S/C16H17NO/c1-11-10-17-16-13(8-5-9-14(16)18-2)15(11)12-6-3-4-7-12/h5-6,8-10H,3-4,7H2,1-2H3. The topological polar surface area (TPSA) is 22.1 Å². The summed E-state index contributed by atoms with van der Waals surface area (Å²) in [6.45, 7) is 2.14. The van der Waals surface area contributed by atoms with E-state index in [0.717, 1.165) is 11.3 Å². The first kappa shape index (κ1) is 11.3. The van der Waals surface area contributed by atoms with E-state index in [1.54, 1.807) is 7.11 Å². The summed E-state index contributed by atoms with van der Waals surface area (Å²) in [6.07, 6.45) is 7.96. The molecule has 92 valence electrons. The number of hydrogen-bond acceptors (Lipinski definition) is 2. The summed E-state index contributed by atoms with van der Waals surface area (Å²) in [5.41, 5.74) is 5.04. The van der Waals surface area contributed by atoms with Crippen molar-refractivity contribution in [1.29, 1.82) is 0 Å². The first-order chi connectivity index (χ1) is 8.81. The molecule has 0 bridgehead atoms. The number of nitrogens with zero attached hydrogens (tertiary/aromatic N) is 1. The normalized spacial score (nSPS) is 14.9. The Balaban J connectivity index is 2.32. The number of allylic oxidation sites excluding steroid dienone is 2. The Morgan fingerprint density at radius 2 is 2.17 bits per heavy atom. The van der Waals surface area contributed by atoms with Gasteiger partial charge >= 0.3 is 0 Å². The molecule has 0 amide bonds.